The molecule has 1 aromatic heterocycles. The molecule has 2 saturated heterocycles. The van der Waals surface area contributed by atoms with Crippen molar-refractivity contribution < 1.29 is 37.1 Å². The molecular formula is C21H19F4N3O4. The number of β-lactam (4-membered cyclic amide) rings is 1. The van der Waals surface area contributed by atoms with Crippen molar-refractivity contribution in [3.63, 3.8) is 0 Å². The first-order valence-corrected chi connectivity index (χ1v) is 9.61. The van der Waals surface area contributed by atoms with E-state index < -0.39 is 17.6 Å². The van der Waals surface area contributed by atoms with Crippen molar-refractivity contribution >= 4 is 23.5 Å². The molecule has 2 aromatic rings. The Hall–Kier alpha value is -3.50. The Morgan fingerprint density at radius 3 is 2.22 bits per heavy atom. The van der Waals surface area contributed by atoms with Crippen LogP contribution in [0.25, 0.3) is 0 Å². The zero-order chi connectivity index (χ0) is 23.5. The first-order valence-electron chi connectivity index (χ1n) is 9.61. The highest BCUT2D eigenvalue weighted by Gasteiger charge is 2.54. The van der Waals surface area contributed by atoms with Gasteiger partial charge in [0.25, 0.3) is 5.91 Å². The maximum Gasteiger partial charge on any atom is 0.490 e. The highest BCUT2D eigenvalue weighted by Crippen LogP contribution is 2.44. The van der Waals surface area contributed by atoms with Gasteiger partial charge in [-0.15, -0.1) is 0 Å². The third-order valence-electron chi connectivity index (χ3n) is 5.41. The van der Waals surface area contributed by atoms with Crippen molar-refractivity contribution in [2.75, 3.05) is 24.5 Å². The number of hydrogen-bond donors (Lipinski definition) is 1. The maximum atomic E-state index is 13.4. The lowest BCUT2D eigenvalue weighted by Gasteiger charge is -2.52. The quantitative estimate of drug-likeness (QED) is 0.558. The highest BCUT2D eigenvalue weighted by molar-refractivity contribution is 6.04. The number of nitrogens with zero attached hydrogens (tertiary/aromatic N) is 3. The van der Waals surface area contributed by atoms with Crippen LogP contribution in [0.2, 0.25) is 0 Å². The van der Waals surface area contributed by atoms with Gasteiger partial charge in [0.05, 0.1) is 5.41 Å². The highest BCUT2D eigenvalue weighted by atomic mass is 19.4. The zero-order valence-electron chi connectivity index (χ0n) is 16.7. The third-order valence-corrected chi connectivity index (χ3v) is 5.41. The molecule has 3 heterocycles. The molecule has 7 nitrogen and oxygen atoms in total. The van der Waals surface area contributed by atoms with E-state index in [1.165, 1.54) is 12.1 Å². The molecule has 2 amide bonds. The number of carbonyl (C=O) groups excluding carboxylic acids is 2. The second kappa shape index (κ2) is 8.93. The molecular weight excluding hydrogens is 434 g/mol. The largest absolute Gasteiger partial charge is 0.490 e. The standard InChI is InChI=1S/C19H18FN3O2.C2HF3O2/c20-14-4-3-5-15(12-14)23-13-19(18(23)25)7-10-22(11-8-19)17(24)16-6-1-2-9-21-16;3-2(4,5)1(6)7/h1-6,9,12H,7-8,10-11,13H2;(H,6,7). The number of pyridine rings is 1. The Bertz CT molecular complexity index is 1010. The molecule has 0 saturated carbocycles. The first kappa shape index (κ1) is 23.2. The number of carboxylic acid groups (broad SMARTS) is 1. The summed E-state index contributed by atoms with van der Waals surface area (Å²) in [5, 5.41) is 7.12. The van der Waals surface area contributed by atoms with Crippen molar-refractivity contribution in [1.29, 1.82) is 0 Å². The Morgan fingerprint density at radius 2 is 1.72 bits per heavy atom. The smallest absolute Gasteiger partial charge is 0.475 e. The van der Waals surface area contributed by atoms with E-state index in [4.69, 9.17) is 9.90 Å². The van der Waals surface area contributed by atoms with Crippen molar-refractivity contribution in [3.8, 4) is 0 Å². The summed E-state index contributed by atoms with van der Waals surface area (Å²) in [6.45, 7) is 1.66. The van der Waals surface area contributed by atoms with E-state index in [1.54, 1.807) is 46.3 Å². The number of likely N-dealkylation sites (tertiary alicyclic amines) is 1. The number of anilines is 1. The minimum Gasteiger partial charge on any atom is -0.475 e. The van der Waals surface area contributed by atoms with E-state index in [9.17, 15) is 27.2 Å². The number of benzene rings is 1. The van der Waals surface area contributed by atoms with E-state index >= 15 is 0 Å². The molecule has 170 valence electrons. The summed E-state index contributed by atoms with van der Waals surface area (Å²) in [6, 6.07) is 11.4. The van der Waals surface area contributed by atoms with Crippen molar-refractivity contribution in [3.05, 3.63) is 60.2 Å². The number of aliphatic carboxylic acids is 1. The lowest BCUT2D eigenvalue weighted by atomic mass is 9.70. The number of piperidine rings is 1. The summed E-state index contributed by atoms with van der Waals surface area (Å²) in [6.07, 6.45) is -2.21. The molecule has 2 aliphatic heterocycles. The summed E-state index contributed by atoms with van der Waals surface area (Å²) in [5.74, 6) is -3.17. The minimum absolute atomic E-state index is 0.0306. The van der Waals surface area contributed by atoms with Crippen LogP contribution >= 0.6 is 0 Å². The first-order chi connectivity index (χ1) is 15.0. The van der Waals surface area contributed by atoms with Gasteiger partial charge in [-0.3, -0.25) is 14.6 Å². The van der Waals surface area contributed by atoms with Crippen LogP contribution in [0, 0.1) is 11.2 Å². The average molecular weight is 453 g/mol. The van der Waals surface area contributed by atoms with Crippen LogP contribution in [0.3, 0.4) is 0 Å². The van der Waals surface area contributed by atoms with Crippen molar-refractivity contribution in [2.45, 2.75) is 19.0 Å². The van der Waals surface area contributed by atoms with Gasteiger partial charge in [-0.25, -0.2) is 9.18 Å². The number of carbonyl (C=O) groups is 3. The fourth-order valence-electron chi connectivity index (χ4n) is 3.65. The van der Waals surface area contributed by atoms with Crippen molar-refractivity contribution in [2.24, 2.45) is 5.41 Å². The Kier molecular flexibility index (Phi) is 6.47. The number of rotatable bonds is 2. The lowest BCUT2D eigenvalue weighted by molar-refractivity contribution is -0.192. The molecule has 32 heavy (non-hydrogen) atoms. The van der Waals surface area contributed by atoms with E-state index in [0.29, 0.717) is 43.9 Å². The number of carboxylic acids is 1. The Labute approximate surface area is 180 Å². The van der Waals surface area contributed by atoms with Gasteiger partial charge in [0.15, 0.2) is 0 Å². The van der Waals surface area contributed by atoms with Crippen LogP contribution in [0.4, 0.5) is 23.2 Å². The van der Waals surface area contributed by atoms with Crippen LogP contribution in [0.15, 0.2) is 48.7 Å². The van der Waals surface area contributed by atoms with Gasteiger partial charge in [-0.1, -0.05) is 12.1 Å². The molecule has 1 N–H and O–H groups in total. The molecule has 2 aliphatic rings. The van der Waals surface area contributed by atoms with E-state index in [-0.39, 0.29) is 17.6 Å². The van der Waals surface area contributed by atoms with Crippen LogP contribution < -0.4 is 4.90 Å². The molecule has 0 unspecified atom stereocenters. The van der Waals surface area contributed by atoms with E-state index in [1.807, 2.05) is 0 Å². The fraction of sp³-hybridized carbons (Fsp3) is 0.333. The normalized spacial score (nSPS) is 17.3. The summed E-state index contributed by atoms with van der Waals surface area (Å²) >= 11 is 0. The van der Waals surface area contributed by atoms with Gasteiger partial charge >= 0.3 is 12.1 Å². The van der Waals surface area contributed by atoms with Crippen molar-refractivity contribution in [1.82, 2.24) is 9.88 Å². The number of halogens is 4. The van der Waals surface area contributed by atoms with Crippen LogP contribution in [-0.2, 0) is 9.59 Å². The summed E-state index contributed by atoms with van der Waals surface area (Å²) in [4.78, 5) is 41.5. The third kappa shape index (κ3) is 4.87. The van der Waals surface area contributed by atoms with E-state index in [0.717, 1.165) is 0 Å². The van der Waals surface area contributed by atoms with Gasteiger partial charge < -0.3 is 14.9 Å². The second-order valence-electron chi connectivity index (χ2n) is 7.46. The molecule has 0 radical (unpaired) electrons. The van der Waals surface area contributed by atoms with Gasteiger partial charge in [-0.05, 0) is 43.2 Å². The van der Waals surface area contributed by atoms with Crippen LogP contribution in [-0.4, -0.2) is 58.6 Å². The molecule has 0 bridgehead atoms. The molecule has 4 rings (SSSR count). The Morgan fingerprint density at radius 1 is 1.06 bits per heavy atom. The topological polar surface area (TPSA) is 90.8 Å². The zero-order valence-corrected chi connectivity index (χ0v) is 16.7. The molecule has 1 spiro atoms. The van der Waals surface area contributed by atoms with Gasteiger partial charge in [-0.2, -0.15) is 13.2 Å². The predicted octanol–water partition coefficient (Wildman–Crippen LogP) is 3.12. The minimum atomic E-state index is -5.08. The Balaban J connectivity index is 0.000000360. The second-order valence-corrected chi connectivity index (χ2v) is 7.46. The molecule has 0 atom stereocenters. The summed E-state index contributed by atoms with van der Waals surface area (Å²) in [5.41, 5.74) is 0.620. The van der Waals surface area contributed by atoms with Gasteiger partial charge in [0, 0.05) is 31.5 Å². The lowest BCUT2D eigenvalue weighted by Crippen LogP contribution is -2.65. The van der Waals surface area contributed by atoms with E-state index in [2.05, 4.69) is 4.98 Å². The summed E-state index contributed by atoms with van der Waals surface area (Å²) < 4.78 is 45.1. The average Bonchev–Trinajstić information content (AvgIpc) is 2.77. The molecule has 11 heteroatoms. The SMILES string of the molecule is O=C(O)C(F)(F)F.O=C(c1ccccn1)N1CCC2(CC1)CN(c1cccc(F)c1)C2=O. The number of hydrogen-bond acceptors (Lipinski definition) is 4. The van der Waals surface area contributed by atoms with Gasteiger partial charge in [0.1, 0.15) is 11.5 Å². The molecule has 1 aromatic carbocycles. The van der Waals surface area contributed by atoms with Crippen LogP contribution in [0.5, 0.6) is 0 Å². The molecule has 0 aliphatic carbocycles. The number of aromatic nitrogens is 1. The summed E-state index contributed by atoms with van der Waals surface area (Å²) in [7, 11) is 0. The number of alkyl halides is 3. The fourth-order valence-corrected chi connectivity index (χ4v) is 3.65. The van der Waals surface area contributed by atoms with Gasteiger partial charge in [0.2, 0.25) is 5.91 Å². The molecule has 2 fully saturated rings. The maximum absolute atomic E-state index is 13.4. The number of amides is 2. The van der Waals surface area contributed by atoms with Crippen LogP contribution in [0.1, 0.15) is 23.3 Å². The monoisotopic (exact) mass is 453 g/mol. The predicted molar refractivity (Wildman–Crippen MR) is 104 cm³/mol.